The van der Waals surface area contributed by atoms with Crippen molar-refractivity contribution in [3.8, 4) is 5.75 Å². The Hall–Kier alpha value is -1.67. The summed E-state index contributed by atoms with van der Waals surface area (Å²) < 4.78 is 5.63. The van der Waals surface area contributed by atoms with Gasteiger partial charge in [0.25, 0.3) is 0 Å². The zero-order valence-corrected chi connectivity index (χ0v) is 14.2. The summed E-state index contributed by atoms with van der Waals surface area (Å²) in [4.78, 5) is 0. The quantitative estimate of drug-likeness (QED) is 0.469. The minimum atomic E-state index is -0.649. The summed E-state index contributed by atoms with van der Waals surface area (Å²) in [6.07, 6.45) is 0.942. The van der Waals surface area contributed by atoms with Gasteiger partial charge < -0.3 is 20.6 Å². The van der Waals surface area contributed by atoms with Crippen LogP contribution in [0.15, 0.2) is 18.3 Å². The fraction of sp³-hybridized carbons (Fsp3) is 0.467. The highest BCUT2D eigenvalue weighted by Crippen LogP contribution is 2.32. The van der Waals surface area contributed by atoms with E-state index in [-0.39, 0.29) is 12.1 Å². The number of rotatable bonds is 6. The predicted molar refractivity (Wildman–Crippen MR) is 91.6 cm³/mol. The molecular formula is C15H22ClN5O2. The average molecular weight is 340 g/mol. The molecule has 0 saturated heterocycles. The molecule has 0 spiro atoms. The highest BCUT2D eigenvalue weighted by molar-refractivity contribution is 6.33. The number of nitrogens with two attached hydrogens (primary N) is 1. The van der Waals surface area contributed by atoms with Crippen LogP contribution in [-0.4, -0.2) is 40.1 Å². The number of aliphatic hydroxyl groups excluding tert-OH is 1. The van der Waals surface area contributed by atoms with Crippen molar-refractivity contribution in [2.24, 2.45) is 5.84 Å². The Morgan fingerprint density at radius 3 is 2.78 bits per heavy atom. The molecule has 1 heterocycles. The molecule has 1 atom stereocenters. The minimum absolute atomic E-state index is 0.0675. The molecule has 0 fully saturated rings. The number of aliphatic hydroxyl groups is 1. The van der Waals surface area contributed by atoms with E-state index >= 15 is 0 Å². The van der Waals surface area contributed by atoms with Gasteiger partial charge >= 0.3 is 0 Å². The first-order valence-electron chi connectivity index (χ1n) is 7.27. The maximum atomic E-state index is 9.99. The Morgan fingerprint density at radius 2 is 2.13 bits per heavy atom. The standard InChI is InChI=1S/C15H22ClN5O2/c1-15(2,3)18-7-10(22)8-23-13-5-11-9(4-12(13)16)6-19-21-14(11)20-17/h4-6,10,18,22H,7-8,17H2,1-3H3,(H,20,21). The van der Waals surface area contributed by atoms with Crippen LogP contribution in [-0.2, 0) is 0 Å². The Kier molecular flexibility index (Phi) is 5.59. The summed E-state index contributed by atoms with van der Waals surface area (Å²) in [5.74, 6) is 6.32. The van der Waals surface area contributed by atoms with Crippen molar-refractivity contribution < 1.29 is 9.84 Å². The van der Waals surface area contributed by atoms with Crippen molar-refractivity contribution in [2.75, 3.05) is 18.6 Å². The number of ether oxygens (including phenoxy) is 1. The topological polar surface area (TPSA) is 105 Å². The third-order valence-electron chi connectivity index (χ3n) is 3.15. The van der Waals surface area contributed by atoms with E-state index in [4.69, 9.17) is 22.2 Å². The molecule has 8 heteroatoms. The Balaban J connectivity index is 2.09. The van der Waals surface area contributed by atoms with E-state index in [9.17, 15) is 5.11 Å². The number of hydrazine groups is 1. The lowest BCUT2D eigenvalue weighted by Gasteiger charge is -2.23. The molecule has 23 heavy (non-hydrogen) atoms. The number of fused-ring (bicyclic) bond motifs is 1. The molecule has 7 nitrogen and oxygen atoms in total. The summed E-state index contributed by atoms with van der Waals surface area (Å²) in [6, 6.07) is 3.45. The second-order valence-corrected chi connectivity index (χ2v) is 6.71. The number of β-amino-alcohol motifs (C(OH)–C–C–N with tert-alkyl or cyclic N) is 1. The van der Waals surface area contributed by atoms with E-state index in [1.54, 1.807) is 18.3 Å². The van der Waals surface area contributed by atoms with Gasteiger partial charge in [-0.05, 0) is 32.9 Å². The maximum absolute atomic E-state index is 9.99. The molecule has 0 aliphatic rings. The van der Waals surface area contributed by atoms with E-state index in [0.29, 0.717) is 23.1 Å². The number of nitrogens with zero attached hydrogens (tertiary/aromatic N) is 2. The monoisotopic (exact) mass is 339 g/mol. The number of halogens is 1. The first kappa shape index (κ1) is 17.7. The number of benzene rings is 1. The molecule has 0 aliphatic heterocycles. The predicted octanol–water partition coefficient (Wildman–Crippen LogP) is 1.70. The van der Waals surface area contributed by atoms with Crippen molar-refractivity contribution in [1.29, 1.82) is 0 Å². The zero-order valence-electron chi connectivity index (χ0n) is 13.4. The Bertz CT molecular complexity index is 675. The first-order valence-corrected chi connectivity index (χ1v) is 7.65. The number of aromatic nitrogens is 2. The van der Waals surface area contributed by atoms with E-state index in [1.165, 1.54) is 0 Å². The molecule has 0 radical (unpaired) electrons. The molecule has 0 saturated carbocycles. The molecule has 2 aromatic rings. The Labute approximate surface area is 140 Å². The molecule has 1 aromatic carbocycles. The second-order valence-electron chi connectivity index (χ2n) is 6.30. The minimum Gasteiger partial charge on any atom is -0.489 e. The van der Waals surface area contributed by atoms with Crippen molar-refractivity contribution in [3.63, 3.8) is 0 Å². The van der Waals surface area contributed by atoms with Crippen molar-refractivity contribution in [2.45, 2.75) is 32.4 Å². The Morgan fingerprint density at radius 1 is 1.39 bits per heavy atom. The van der Waals surface area contributed by atoms with Crippen LogP contribution in [0.2, 0.25) is 5.02 Å². The van der Waals surface area contributed by atoms with E-state index < -0.39 is 6.10 Å². The van der Waals surface area contributed by atoms with Crippen LogP contribution in [0.25, 0.3) is 10.8 Å². The van der Waals surface area contributed by atoms with Crippen molar-refractivity contribution in [1.82, 2.24) is 15.5 Å². The van der Waals surface area contributed by atoms with E-state index in [1.807, 2.05) is 20.8 Å². The first-order chi connectivity index (χ1) is 10.8. The third-order valence-corrected chi connectivity index (χ3v) is 3.45. The lowest BCUT2D eigenvalue weighted by Crippen LogP contribution is -2.42. The molecule has 0 aliphatic carbocycles. The lowest BCUT2D eigenvalue weighted by atomic mass is 10.1. The van der Waals surface area contributed by atoms with Crippen LogP contribution in [0.3, 0.4) is 0 Å². The number of nitrogen functional groups attached to an aromatic ring is 1. The molecule has 1 unspecified atom stereocenters. The average Bonchev–Trinajstić information content (AvgIpc) is 2.49. The van der Waals surface area contributed by atoms with Crippen LogP contribution in [0.5, 0.6) is 5.75 Å². The van der Waals surface area contributed by atoms with Gasteiger partial charge in [-0.2, -0.15) is 5.10 Å². The lowest BCUT2D eigenvalue weighted by molar-refractivity contribution is 0.100. The van der Waals surface area contributed by atoms with Crippen molar-refractivity contribution in [3.05, 3.63) is 23.4 Å². The summed E-state index contributed by atoms with van der Waals surface area (Å²) in [6.45, 7) is 6.64. The fourth-order valence-corrected chi connectivity index (χ4v) is 2.20. The van der Waals surface area contributed by atoms with Crippen LogP contribution < -0.4 is 21.3 Å². The fourth-order valence-electron chi connectivity index (χ4n) is 1.97. The molecule has 126 valence electrons. The molecule has 1 aromatic heterocycles. The SMILES string of the molecule is CC(C)(C)NCC(O)COc1cc2c(NN)nncc2cc1Cl. The van der Waals surface area contributed by atoms with Gasteiger partial charge in [-0.1, -0.05) is 11.6 Å². The summed E-state index contributed by atoms with van der Waals surface area (Å²) >= 11 is 6.21. The largest absolute Gasteiger partial charge is 0.489 e. The number of hydrogen-bond acceptors (Lipinski definition) is 7. The number of anilines is 1. The summed E-state index contributed by atoms with van der Waals surface area (Å²) in [5.41, 5.74) is 2.42. The smallest absolute Gasteiger partial charge is 0.170 e. The third kappa shape index (κ3) is 4.90. The highest BCUT2D eigenvalue weighted by atomic mass is 35.5. The van der Waals surface area contributed by atoms with E-state index in [0.717, 1.165) is 10.8 Å². The number of hydrogen-bond donors (Lipinski definition) is 4. The van der Waals surface area contributed by atoms with Gasteiger partial charge in [0.05, 0.1) is 11.2 Å². The van der Waals surface area contributed by atoms with Gasteiger partial charge in [-0.25, -0.2) is 5.84 Å². The summed E-state index contributed by atoms with van der Waals surface area (Å²) in [5, 5.41) is 22.9. The second kappa shape index (κ2) is 7.27. The zero-order chi connectivity index (χ0) is 17.0. The van der Waals surface area contributed by atoms with Gasteiger partial charge in [0.1, 0.15) is 18.5 Å². The highest BCUT2D eigenvalue weighted by Gasteiger charge is 2.14. The molecule has 0 bridgehead atoms. The van der Waals surface area contributed by atoms with Crippen LogP contribution in [0.1, 0.15) is 20.8 Å². The van der Waals surface area contributed by atoms with Gasteiger partial charge in [0.15, 0.2) is 5.82 Å². The van der Waals surface area contributed by atoms with Gasteiger partial charge in [0, 0.05) is 22.9 Å². The molecular weight excluding hydrogens is 318 g/mol. The molecule has 0 amide bonds. The normalized spacial score (nSPS) is 13.1. The summed E-state index contributed by atoms with van der Waals surface area (Å²) in [7, 11) is 0. The number of nitrogens with one attached hydrogen (secondary N) is 2. The van der Waals surface area contributed by atoms with E-state index in [2.05, 4.69) is 20.9 Å². The van der Waals surface area contributed by atoms with Crippen LogP contribution in [0.4, 0.5) is 5.82 Å². The van der Waals surface area contributed by atoms with Crippen LogP contribution in [0, 0.1) is 0 Å². The maximum Gasteiger partial charge on any atom is 0.170 e. The van der Waals surface area contributed by atoms with Crippen molar-refractivity contribution >= 4 is 28.2 Å². The van der Waals surface area contributed by atoms with Gasteiger partial charge in [0.2, 0.25) is 0 Å². The van der Waals surface area contributed by atoms with Gasteiger partial charge in [-0.3, -0.25) is 0 Å². The van der Waals surface area contributed by atoms with Gasteiger partial charge in [-0.15, -0.1) is 5.10 Å². The molecule has 5 N–H and O–H groups in total. The molecule has 2 rings (SSSR count). The van der Waals surface area contributed by atoms with Crippen LogP contribution >= 0.6 is 11.6 Å².